The third-order valence-electron chi connectivity index (χ3n) is 13.4. The Labute approximate surface area is 288 Å². The van der Waals surface area contributed by atoms with Crippen LogP contribution in [0, 0.1) is 52.2 Å². The maximum absolute atomic E-state index is 13.9. The molecular formula is C36H56FN2O9P. The van der Waals surface area contributed by atoms with Gasteiger partial charge in [-0.15, -0.1) is 0 Å². The van der Waals surface area contributed by atoms with E-state index in [0.29, 0.717) is 42.7 Å². The lowest BCUT2D eigenvalue weighted by molar-refractivity contribution is -0.0973. The molecule has 5 aliphatic rings. The number of hydrogen-bond acceptors (Lipinski definition) is 8. The molecule has 0 bridgehead atoms. The molecule has 1 saturated heterocycles. The fraction of sp³-hybridized carbons (Fsp3) is 0.833. The number of aliphatic hydroxyl groups excluding tert-OH is 2. The number of aliphatic hydroxyl groups is 2. The van der Waals surface area contributed by atoms with Crippen molar-refractivity contribution in [2.75, 3.05) is 6.61 Å². The average Bonchev–Trinajstić information content (AvgIpc) is 3.59. The molecule has 49 heavy (non-hydrogen) atoms. The van der Waals surface area contributed by atoms with Crippen molar-refractivity contribution in [3.05, 3.63) is 44.5 Å². The number of fused-ring (bicyclic) bond motifs is 5. The van der Waals surface area contributed by atoms with Crippen molar-refractivity contribution in [3.63, 3.8) is 0 Å². The van der Waals surface area contributed by atoms with Crippen molar-refractivity contribution in [1.29, 1.82) is 0 Å². The Kier molecular flexibility index (Phi) is 10.6. The van der Waals surface area contributed by atoms with Crippen molar-refractivity contribution in [3.8, 4) is 0 Å². The number of phosphoric acid groups is 1. The Balaban J connectivity index is 1.11. The number of phosphoric ester groups is 1. The van der Waals surface area contributed by atoms with Gasteiger partial charge < -0.3 is 19.8 Å². The second-order valence-corrected chi connectivity index (χ2v) is 18.1. The molecule has 0 spiro atoms. The highest BCUT2D eigenvalue weighted by Crippen LogP contribution is 2.68. The van der Waals surface area contributed by atoms with Gasteiger partial charge in [-0.1, -0.05) is 65.5 Å². The maximum Gasteiger partial charge on any atom is 0.472 e. The first-order valence-corrected chi connectivity index (χ1v) is 19.9. The van der Waals surface area contributed by atoms with Crippen molar-refractivity contribution in [1.82, 2.24) is 9.55 Å². The molecule has 13 heteroatoms. The van der Waals surface area contributed by atoms with Crippen LogP contribution in [0.25, 0.3) is 0 Å². The zero-order chi connectivity index (χ0) is 35.5. The Morgan fingerprint density at radius 2 is 1.86 bits per heavy atom. The molecule has 0 amide bonds. The zero-order valence-corrected chi connectivity index (χ0v) is 30.4. The van der Waals surface area contributed by atoms with E-state index in [2.05, 4.69) is 34.6 Å². The lowest BCUT2D eigenvalue weighted by Gasteiger charge is -2.59. The van der Waals surface area contributed by atoms with E-state index in [4.69, 9.17) is 13.8 Å². The highest BCUT2D eigenvalue weighted by molar-refractivity contribution is 7.47. The molecule has 2 heterocycles. The van der Waals surface area contributed by atoms with Crippen LogP contribution < -0.4 is 11.2 Å². The average molecular weight is 711 g/mol. The lowest BCUT2D eigenvalue weighted by atomic mass is 9.46. The topological polar surface area (TPSA) is 160 Å². The van der Waals surface area contributed by atoms with E-state index in [1.807, 2.05) is 11.1 Å². The van der Waals surface area contributed by atoms with E-state index in [1.54, 1.807) is 0 Å². The molecule has 11 nitrogen and oxygen atoms in total. The van der Waals surface area contributed by atoms with Gasteiger partial charge in [-0.05, 0) is 91.3 Å². The molecule has 13 atom stereocenters. The number of hydrogen-bond donors (Lipinski definition) is 4. The van der Waals surface area contributed by atoms with Crippen LogP contribution in [0.2, 0.25) is 0 Å². The van der Waals surface area contributed by atoms with Gasteiger partial charge in [0.25, 0.3) is 5.56 Å². The SMILES string of the molecule is CC(C)CCC[C@@H](C)[C@H]1CC[C@H]2[C@@H]3[C@@H](O)C=C4C[C@@H](OP(=O)(O)O[C@H]5C[C@H](n6cc(F)c(=O)[nH]c6=O)O[C@@H]5CO)CC[C@]4(C)[C@H]3CC[C@]12C. The first-order chi connectivity index (χ1) is 23.1. The van der Waals surface area contributed by atoms with Gasteiger partial charge in [0.05, 0.1) is 25.0 Å². The van der Waals surface area contributed by atoms with E-state index in [9.17, 15) is 33.7 Å². The molecule has 0 aromatic carbocycles. The molecule has 0 radical (unpaired) electrons. The maximum atomic E-state index is 13.9. The Bertz CT molecular complexity index is 1560. The van der Waals surface area contributed by atoms with Gasteiger partial charge in [-0.2, -0.15) is 4.39 Å². The molecule has 1 aromatic rings. The molecule has 1 aliphatic heterocycles. The third kappa shape index (κ3) is 7.09. The summed E-state index contributed by atoms with van der Waals surface area (Å²) >= 11 is 0. The minimum atomic E-state index is -4.68. The number of halogens is 1. The summed E-state index contributed by atoms with van der Waals surface area (Å²) in [6, 6.07) is 0. The van der Waals surface area contributed by atoms with E-state index in [1.165, 1.54) is 32.1 Å². The van der Waals surface area contributed by atoms with Gasteiger partial charge in [-0.25, -0.2) is 9.36 Å². The molecule has 4 fully saturated rings. The number of aromatic amines is 1. The summed E-state index contributed by atoms with van der Waals surface area (Å²) in [6.45, 7) is 11.3. The van der Waals surface area contributed by atoms with Crippen LogP contribution in [0.15, 0.2) is 27.4 Å². The molecule has 1 aromatic heterocycles. The number of H-pyrrole nitrogens is 1. The summed E-state index contributed by atoms with van der Waals surface area (Å²) in [5.41, 5.74) is -0.910. The summed E-state index contributed by atoms with van der Waals surface area (Å²) in [5.74, 6) is 1.93. The minimum absolute atomic E-state index is 0.125. The standard InChI is InChI=1S/C36H56FN2O9P/c1-20(2)7-6-8-21(3)24-9-10-25-32-26(12-14-36(24,25)5)35(4)13-11-23(15-22(35)16-28(32)41)47-49(44,45)48-29-17-31(46-30(29)19-40)39-18-27(37)33(42)38-34(39)43/h16,18,20-21,23-26,28-32,40-41H,6-15,17,19H2,1-5H3,(H,44,45)(H,38,42,43)/t21-,23+,24-,25+,26+,28+,29+,30-,31-,32+,35+,36-/m1/s1. The van der Waals surface area contributed by atoms with Crippen LogP contribution in [-0.2, 0) is 18.3 Å². The Hall–Kier alpha value is -1.66. The molecule has 6 rings (SSSR count). The van der Waals surface area contributed by atoms with Crippen LogP contribution in [0.3, 0.4) is 0 Å². The molecular weight excluding hydrogens is 654 g/mol. The highest BCUT2D eigenvalue weighted by atomic mass is 31.2. The first kappa shape index (κ1) is 37.1. The lowest BCUT2D eigenvalue weighted by Crippen LogP contribution is -2.55. The van der Waals surface area contributed by atoms with Gasteiger partial charge >= 0.3 is 13.5 Å². The van der Waals surface area contributed by atoms with Gasteiger partial charge in [0, 0.05) is 6.42 Å². The number of aromatic nitrogens is 2. The van der Waals surface area contributed by atoms with Crippen molar-refractivity contribution >= 4 is 7.82 Å². The highest BCUT2D eigenvalue weighted by Gasteiger charge is 2.61. The monoisotopic (exact) mass is 710 g/mol. The van der Waals surface area contributed by atoms with Crippen LogP contribution in [-0.4, -0.2) is 55.7 Å². The van der Waals surface area contributed by atoms with Gasteiger partial charge in [0.15, 0.2) is 0 Å². The summed E-state index contributed by atoms with van der Waals surface area (Å²) in [4.78, 5) is 36.4. The number of rotatable bonds is 11. The van der Waals surface area contributed by atoms with Gasteiger partial charge in [0.2, 0.25) is 5.82 Å². The summed E-state index contributed by atoms with van der Waals surface area (Å²) in [6.07, 6.45) is 8.19. The second-order valence-electron chi connectivity index (χ2n) is 16.7. The summed E-state index contributed by atoms with van der Waals surface area (Å²) in [5, 5.41) is 21.6. The number of ether oxygens (including phenoxy) is 1. The van der Waals surface area contributed by atoms with Crippen molar-refractivity contribution in [2.24, 2.45) is 46.3 Å². The normalized spacial score (nSPS) is 40.7. The third-order valence-corrected chi connectivity index (χ3v) is 14.5. The predicted molar refractivity (Wildman–Crippen MR) is 181 cm³/mol. The van der Waals surface area contributed by atoms with Crippen molar-refractivity contribution < 1.29 is 37.8 Å². The predicted octanol–water partition coefficient (Wildman–Crippen LogP) is 5.84. The van der Waals surface area contributed by atoms with Crippen LogP contribution in [0.5, 0.6) is 0 Å². The molecule has 3 saturated carbocycles. The number of nitrogens with one attached hydrogen (secondary N) is 1. The van der Waals surface area contributed by atoms with E-state index in [-0.39, 0.29) is 23.2 Å². The van der Waals surface area contributed by atoms with Crippen LogP contribution >= 0.6 is 7.82 Å². The van der Waals surface area contributed by atoms with E-state index >= 15 is 0 Å². The smallest absolute Gasteiger partial charge is 0.394 e. The van der Waals surface area contributed by atoms with Gasteiger partial charge in [-0.3, -0.25) is 23.4 Å². The quantitative estimate of drug-likeness (QED) is 0.164. The molecule has 1 unspecified atom stereocenters. The minimum Gasteiger partial charge on any atom is -0.394 e. The molecule has 4 N–H and O–H groups in total. The van der Waals surface area contributed by atoms with Crippen LogP contribution in [0.4, 0.5) is 4.39 Å². The largest absolute Gasteiger partial charge is 0.472 e. The summed E-state index contributed by atoms with van der Waals surface area (Å²) in [7, 11) is -4.68. The zero-order valence-electron chi connectivity index (χ0n) is 29.6. The van der Waals surface area contributed by atoms with E-state index in [0.717, 1.165) is 35.3 Å². The fourth-order valence-corrected chi connectivity index (χ4v) is 12.1. The van der Waals surface area contributed by atoms with Gasteiger partial charge in [0.1, 0.15) is 18.4 Å². The fourth-order valence-electron chi connectivity index (χ4n) is 10.9. The first-order valence-electron chi connectivity index (χ1n) is 18.4. The van der Waals surface area contributed by atoms with Crippen LogP contribution in [0.1, 0.15) is 111 Å². The molecule has 4 aliphatic carbocycles. The van der Waals surface area contributed by atoms with E-state index < -0.39 is 62.1 Å². The number of nitrogens with zero attached hydrogens (tertiary/aromatic N) is 1. The van der Waals surface area contributed by atoms with Crippen molar-refractivity contribution in [2.45, 2.75) is 136 Å². The molecule has 276 valence electrons. The Morgan fingerprint density at radius 3 is 2.57 bits per heavy atom. The Morgan fingerprint density at radius 1 is 1.10 bits per heavy atom. The summed E-state index contributed by atoms with van der Waals surface area (Å²) < 4.78 is 44.9. The second kappa shape index (κ2) is 14.1.